The number of nitrogens with zero attached hydrogens (tertiary/aromatic N) is 2. The molecule has 1 aromatic heterocycles. The zero-order valence-electron chi connectivity index (χ0n) is 24.6. The van der Waals surface area contributed by atoms with Gasteiger partial charge in [0.2, 0.25) is 0 Å². The highest BCUT2D eigenvalue weighted by molar-refractivity contribution is 6.35. The van der Waals surface area contributed by atoms with Crippen molar-refractivity contribution in [1.29, 1.82) is 0 Å². The monoisotopic (exact) mass is 644 g/mol. The maximum Gasteiger partial charge on any atom is 0.262 e. The van der Waals surface area contributed by atoms with Crippen molar-refractivity contribution >= 4 is 52.1 Å². The predicted octanol–water partition coefficient (Wildman–Crippen LogP) is 7.09. The van der Waals surface area contributed by atoms with Gasteiger partial charge in [-0.15, -0.1) is 0 Å². The second-order valence-electron chi connectivity index (χ2n) is 10.5. The van der Waals surface area contributed by atoms with Crippen molar-refractivity contribution in [2.24, 2.45) is 5.10 Å². The minimum absolute atomic E-state index is 0.234. The third kappa shape index (κ3) is 7.90. The number of carbonyl (C=O) groups is 2. The Morgan fingerprint density at radius 1 is 0.933 bits per heavy atom. The van der Waals surface area contributed by atoms with E-state index in [0.29, 0.717) is 17.3 Å². The molecule has 0 bridgehead atoms. The summed E-state index contributed by atoms with van der Waals surface area (Å²) in [7, 11) is 0. The van der Waals surface area contributed by atoms with Gasteiger partial charge in [-0.25, -0.2) is 9.82 Å². The molecule has 2 atom stereocenters. The zero-order valence-corrected chi connectivity index (χ0v) is 26.1. The van der Waals surface area contributed by atoms with Crippen LogP contribution in [0.5, 0.6) is 5.75 Å². The first kappa shape index (κ1) is 31.8. The van der Waals surface area contributed by atoms with E-state index in [-0.39, 0.29) is 17.3 Å². The van der Waals surface area contributed by atoms with Crippen LogP contribution in [0.1, 0.15) is 29.3 Å². The summed E-state index contributed by atoms with van der Waals surface area (Å²) in [6.07, 6.45) is 0.887. The maximum atomic E-state index is 13.5. The Morgan fingerprint density at radius 2 is 1.64 bits per heavy atom. The molecule has 0 aliphatic carbocycles. The quantitative estimate of drug-likeness (QED) is 0.119. The third-order valence-corrected chi connectivity index (χ3v) is 7.92. The maximum absolute atomic E-state index is 13.5. The lowest BCUT2D eigenvalue weighted by atomic mass is 10.1. The van der Waals surface area contributed by atoms with Gasteiger partial charge in [0.15, 0.2) is 6.10 Å². The largest absolute Gasteiger partial charge is 0.479 e. The van der Waals surface area contributed by atoms with E-state index in [1.165, 1.54) is 18.2 Å². The molecule has 1 heterocycles. The van der Waals surface area contributed by atoms with E-state index >= 15 is 0 Å². The van der Waals surface area contributed by atoms with E-state index in [2.05, 4.69) is 20.4 Å². The van der Waals surface area contributed by atoms with Gasteiger partial charge in [0.1, 0.15) is 17.6 Å². The highest BCUT2D eigenvalue weighted by Gasteiger charge is 2.25. The fourth-order valence-corrected chi connectivity index (χ4v) is 5.45. The summed E-state index contributed by atoms with van der Waals surface area (Å²) in [5.74, 6) is -0.980. The summed E-state index contributed by atoms with van der Waals surface area (Å²) in [5.41, 5.74) is 7.16. The van der Waals surface area contributed by atoms with Crippen LogP contribution in [0.15, 0.2) is 102 Å². The summed E-state index contributed by atoms with van der Waals surface area (Å²) in [6, 6.07) is 27.4. The SMILES string of the molecule is Cc1c(/C=N\NC(=O)[C@H](Cc2ccccc2)NC(=O)[C@@H](C)Oc2ccc(Cl)cc2Cl)c2ccccc2n1Cc1ccc(F)cc1. The van der Waals surface area contributed by atoms with Gasteiger partial charge in [-0.2, -0.15) is 5.10 Å². The number of hydrogen-bond donors (Lipinski definition) is 2. The Hall–Kier alpha value is -4.66. The molecule has 0 aliphatic rings. The molecule has 2 N–H and O–H groups in total. The number of hydrogen-bond acceptors (Lipinski definition) is 4. The van der Waals surface area contributed by atoms with Crippen LogP contribution in [0, 0.1) is 12.7 Å². The molecular formula is C35H31Cl2FN4O3. The lowest BCUT2D eigenvalue weighted by Gasteiger charge is -2.21. The Kier molecular flexibility index (Phi) is 10.2. The van der Waals surface area contributed by atoms with Gasteiger partial charge in [0.25, 0.3) is 11.8 Å². The third-order valence-electron chi connectivity index (χ3n) is 7.38. The summed E-state index contributed by atoms with van der Waals surface area (Å²) in [4.78, 5) is 26.6. The standard InChI is InChI=1S/C35H31Cl2FN4O3/c1-22-29(28-10-6-7-11-32(28)42(22)21-25-12-15-27(38)16-13-25)20-39-41-35(44)31(18-24-8-4-3-5-9-24)40-34(43)23(2)45-33-17-14-26(36)19-30(33)37/h3-17,19-20,23,31H,18,21H2,1-2H3,(H,40,43)(H,41,44)/b39-20-/t23-,31+/m1/s1. The number of benzene rings is 4. The van der Waals surface area contributed by atoms with Gasteiger partial charge in [-0.3, -0.25) is 9.59 Å². The van der Waals surface area contributed by atoms with Crippen molar-refractivity contribution in [2.45, 2.75) is 39.0 Å². The van der Waals surface area contributed by atoms with E-state index in [1.807, 2.05) is 61.5 Å². The minimum atomic E-state index is -0.951. The molecule has 4 aromatic carbocycles. The summed E-state index contributed by atoms with van der Waals surface area (Å²) >= 11 is 12.2. The highest BCUT2D eigenvalue weighted by Crippen LogP contribution is 2.28. The molecule has 0 aliphatic heterocycles. The van der Waals surface area contributed by atoms with E-state index in [4.69, 9.17) is 27.9 Å². The molecule has 5 rings (SSSR count). The van der Waals surface area contributed by atoms with E-state index in [9.17, 15) is 14.0 Å². The van der Waals surface area contributed by atoms with Crippen molar-refractivity contribution in [3.05, 3.63) is 135 Å². The Balaban J connectivity index is 1.33. The van der Waals surface area contributed by atoms with Crippen molar-refractivity contribution in [1.82, 2.24) is 15.3 Å². The van der Waals surface area contributed by atoms with Crippen molar-refractivity contribution in [2.75, 3.05) is 0 Å². The molecule has 2 amide bonds. The molecule has 0 saturated carbocycles. The van der Waals surface area contributed by atoms with Crippen LogP contribution >= 0.6 is 23.2 Å². The fourth-order valence-electron chi connectivity index (χ4n) is 5.00. The number of fused-ring (bicyclic) bond motifs is 1. The average molecular weight is 646 g/mol. The van der Waals surface area contributed by atoms with Crippen LogP contribution in [0.25, 0.3) is 10.9 Å². The van der Waals surface area contributed by atoms with Crippen molar-refractivity contribution < 1.29 is 18.7 Å². The van der Waals surface area contributed by atoms with Crippen LogP contribution in [0.4, 0.5) is 4.39 Å². The van der Waals surface area contributed by atoms with E-state index in [0.717, 1.165) is 33.3 Å². The summed E-state index contributed by atoms with van der Waals surface area (Å²) in [6.45, 7) is 4.08. The van der Waals surface area contributed by atoms with Crippen LogP contribution < -0.4 is 15.5 Å². The van der Waals surface area contributed by atoms with Crippen LogP contribution in [0.2, 0.25) is 10.0 Å². The van der Waals surface area contributed by atoms with Gasteiger partial charge < -0.3 is 14.6 Å². The average Bonchev–Trinajstić information content (AvgIpc) is 3.29. The fraction of sp³-hybridized carbons (Fsp3) is 0.171. The van der Waals surface area contributed by atoms with Crippen molar-refractivity contribution in [3.63, 3.8) is 0 Å². The Labute approximate surface area is 270 Å². The molecule has 7 nitrogen and oxygen atoms in total. The first-order chi connectivity index (χ1) is 21.7. The number of rotatable bonds is 11. The number of para-hydroxylation sites is 1. The van der Waals surface area contributed by atoms with Gasteiger partial charge in [0, 0.05) is 40.1 Å². The summed E-state index contributed by atoms with van der Waals surface area (Å²) in [5, 5.41) is 8.74. The number of amides is 2. The zero-order chi connectivity index (χ0) is 31.9. The highest BCUT2D eigenvalue weighted by atomic mass is 35.5. The second-order valence-corrected chi connectivity index (χ2v) is 11.4. The van der Waals surface area contributed by atoms with Crippen LogP contribution in [-0.4, -0.2) is 34.7 Å². The number of nitrogens with one attached hydrogen (secondary N) is 2. The molecule has 0 fully saturated rings. The Bertz CT molecular complexity index is 1840. The topological polar surface area (TPSA) is 84.7 Å². The molecule has 0 saturated heterocycles. The van der Waals surface area contributed by atoms with Gasteiger partial charge in [-0.1, -0.05) is 83.9 Å². The van der Waals surface area contributed by atoms with Gasteiger partial charge in [0.05, 0.1) is 11.2 Å². The number of carbonyl (C=O) groups excluding carboxylic acids is 2. The predicted molar refractivity (Wildman–Crippen MR) is 177 cm³/mol. The molecule has 230 valence electrons. The molecule has 0 radical (unpaired) electrons. The number of ether oxygens (including phenoxy) is 1. The van der Waals surface area contributed by atoms with Gasteiger partial charge >= 0.3 is 0 Å². The number of halogens is 3. The normalized spacial score (nSPS) is 12.6. The smallest absolute Gasteiger partial charge is 0.262 e. The summed E-state index contributed by atoms with van der Waals surface area (Å²) < 4.78 is 21.3. The number of aromatic nitrogens is 1. The number of hydrazone groups is 1. The molecule has 5 aromatic rings. The lowest BCUT2D eigenvalue weighted by molar-refractivity contribution is -0.132. The molecular weight excluding hydrogens is 614 g/mol. The van der Waals surface area contributed by atoms with Crippen LogP contribution in [-0.2, 0) is 22.6 Å². The first-order valence-corrected chi connectivity index (χ1v) is 15.1. The van der Waals surface area contributed by atoms with Crippen LogP contribution in [0.3, 0.4) is 0 Å². The van der Waals surface area contributed by atoms with Gasteiger partial charge in [-0.05, 0) is 61.4 Å². The van der Waals surface area contributed by atoms with E-state index in [1.54, 1.807) is 37.4 Å². The molecule has 10 heteroatoms. The molecule has 45 heavy (non-hydrogen) atoms. The first-order valence-electron chi connectivity index (χ1n) is 14.3. The Morgan fingerprint density at radius 3 is 2.38 bits per heavy atom. The second kappa shape index (κ2) is 14.4. The molecule has 0 unspecified atom stereocenters. The van der Waals surface area contributed by atoms with Crippen molar-refractivity contribution in [3.8, 4) is 5.75 Å². The molecule has 0 spiro atoms. The van der Waals surface area contributed by atoms with E-state index < -0.39 is 24.0 Å². The lowest BCUT2D eigenvalue weighted by Crippen LogP contribution is -2.50. The minimum Gasteiger partial charge on any atom is -0.479 e.